The van der Waals surface area contributed by atoms with Crippen LogP contribution in [0.15, 0.2) is 12.2 Å². The zero-order valence-electron chi connectivity index (χ0n) is 18.9. The lowest BCUT2D eigenvalue weighted by Gasteiger charge is -2.48. The Balaban J connectivity index is 3.27. The zero-order chi connectivity index (χ0) is 21.5. The molecule has 0 heterocycles. The maximum Gasteiger partial charge on any atom is 0.407 e. The Bertz CT molecular complexity index is 545. The maximum atomic E-state index is 12.6. The molecule has 3 atom stereocenters. The highest BCUT2D eigenvalue weighted by Gasteiger charge is 2.47. The van der Waals surface area contributed by atoms with Crippen LogP contribution in [0.25, 0.3) is 0 Å². The fourth-order valence-electron chi connectivity index (χ4n) is 3.88. The molecule has 2 amide bonds. The number of nitrogens with one attached hydrogen (secondary N) is 2. The lowest BCUT2D eigenvalue weighted by atomic mass is 9.68. The number of carbonyl (C=O) groups excluding carboxylic acids is 2. The first-order valence-corrected chi connectivity index (χ1v) is 10.6. The fraction of sp³-hybridized carbons (Fsp3) is 0.818. The topological polar surface area (TPSA) is 76.7 Å². The van der Waals surface area contributed by atoms with Crippen molar-refractivity contribution < 1.29 is 19.1 Å². The molecule has 1 aliphatic carbocycles. The number of hydrogen-bond acceptors (Lipinski definition) is 4. The van der Waals surface area contributed by atoms with Crippen molar-refractivity contribution in [3.63, 3.8) is 0 Å². The second-order valence-electron chi connectivity index (χ2n) is 8.69. The summed E-state index contributed by atoms with van der Waals surface area (Å²) >= 11 is 0. The molecule has 0 spiro atoms. The third-order valence-corrected chi connectivity index (χ3v) is 5.57. The quantitative estimate of drug-likeness (QED) is 0.599. The van der Waals surface area contributed by atoms with Gasteiger partial charge in [-0.05, 0) is 46.5 Å². The van der Waals surface area contributed by atoms with E-state index in [-0.39, 0.29) is 35.6 Å². The van der Waals surface area contributed by atoms with Gasteiger partial charge in [0.25, 0.3) is 0 Å². The SMILES string of the molecule is CCC(CC)O[C@@H]1C=CC(CC)(CC)[C@H](NC(=O)OC(C)(C)C)[C@H]1NC(C)=O. The van der Waals surface area contributed by atoms with Gasteiger partial charge in [0.15, 0.2) is 0 Å². The minimum absolute atomic E-state index is 0.101. The monoisotopic (exact) mass is 396 g/mol. The van der Waals surface area contributed by atoms with E-state index in [0.29, 0.717) is 0 Å². The number of ether oxygens (including phenoxy) is 2. The molecule has 6 heteroatoms. The molecule has 0 fully saturated rings. The number of carbonyl (C=O) groups is 2. The van der Waals surface area contributed by atoms with Crippen LogP contribution >= 0.6 is 0 Å². The molecule has 0 aromatic rings. The van der Waals surface area contributed by atoms with Gasteiger partial charge in [-0.1, -0.05) is 39.8 Å². The summed E-state index contributed by atoms with van der Waals surface area (Å²) in [5.74, 6) is -0.143. The van der Waals surface area contributed by atoms with Gasteiger partial charge in [-0.3, -0.25) is 4.79 Å². The van der Waals surface area contributed by atoms with E-state index in [1.165, 1.54) is 6.92 Å². The second kappa shape index (κ2) is 10.3. The van der Waals surface area contributed by atoms with Crippen LogP contribution in [0.5, 0.6) is 0 Å². The van der Waals surface area contributed by atoms with Gasteiger partial charge in [0.2, 0.25) is 5.91 Å². The summed E-state index contributed by atoms with van der Waals surface area (Å²) in [6.45, 7) is 15.4. The number of amides is 2. The van der Waals surface area contributed by atoms with Crippen LogP contribution < -0.4 is 10.6 Å². The average molecular weight is 397 g/mol. The summed E-state index contributed by atoms with van der Waals surface area (Å²) in [6.07, 6.45) is 6.97. The summed E-state index contributed by atoms with van der Waals surface area (Å²) in [4.78, 5) is 24.6. The molecule has 0 bridgehead atoms. The van der Waals surface area contributed by atoms with Crippen LogP contribution in [0.4, 0.5) is 4.79 Å². The largest absolute Gasteiger partial charge is 0.444 e. The van der Waals surface area contributed by atoms with Gasteiger partial charge in [-0.2, -0.15) is 0 Å². The van der Waals surface area contributed by atoms with Gasteiger partial charge in [-0.25, -0.2) is 4.79 Å². The number of alkyl carbamates (subject to hydrolysis) is 1. The van der Waals surface area contributed by atoms with Crippen LogP contribution in [0.1, 0.15) is 81.1 Å². The highest BCUT2D eigenvalue weighted by atomic mass is 16.6. The Morgan fingerprint density at radius 1 is 1.07 bits per heavy atom. The Morgan fingerprint density at radius 2 is 1.64 bits per heavy atom. The van der Waals surface area contributed by atoms with Crippen LogP contribution in [-0.4, -0.2) is 41.9 Å². The molecule has 0 aromatic heterocycles. The van der Waals surface area contributed by atoms with Crippen molar-refractivity contribution in [3.05, 3.63) is 12.2 Å². The van der Waals surface area contributed by atoms with E-state index in [2.05, 4.69) is 50.5 Å². The fourth-order valence-corrected chi connectivity index (χ4v) is 3.88. The Labute approximate surface area is 170 Å². The lowest BCUT2D eigenvalue weighted by Crippen LogP contribution is -2.65. The number of rotatable bonds is 8. The highest BCUT2D eigenvalue weighted by molar-refractivity contribution is 5.74. The minimum Gasteiger partial charge on any atom is -0.444 e. The van der Waals surface area contributed by atoms with Crippen molar-refractivity contribution in [2.45, 2.75) is 111 Å². The molecule has 162 valence electrons. The first-order valence-electron chi connectivity index (χ1n) is 10.6. The molecular formula is C22H40N2O4. The van der Waals surface area contributed by atoms with E-state index in [4.69, 9.17) is 9.47 Å². The van der Waals surface area contributed by atoms with Crippen molar-refractivity contribution in [1.29, 1.82) is 0 Å². The molecular weight excluding hydrogens is 356 g/mol. The molecule has 0 saturated heterocycles. The van der Waals surface area contributed by atoms with Crippen LogP contribution in [-0.2, 0) is 14.3 Å². The molecule has 0 aromatic carbocycles. The van der Waals surface area contributed by atoms with Crippen molar-refractivity contribution >= 4 is 12.0 Å². The standard InChI is InChI=1S/C22H40N2O4/c1-9-16(10-2)27-17-13-14-22(11-3,12-4)19(18(17)23-15(5)25)24-20(26)28-21(6,7)8/h13-14,16-19H,9-12H2,1-8H3,(H,23,25)(H,24,26)/t17-,18+,19-/m1/s1. The lowest BCUT2D eigenvalue weighted by molar-refractivity contribution is -0.122. The zero-order valence-corrected chi connectivity index (χ0v) is 18.9. The summed E-state index contributed by atoms with van der Waals surface area (Å²) < 4.78 is 11.8. The van der Waals surface area contributed by atoms with Gasteiger partial charge >= 0.3 is 6.09 Å². The first kappa shape index (κ1) is 24.5. The van der Waals surface area contributed by atoms with E-state index in [1.54, 1.807) is 0 Å². The molecule has 0 radical (unpaired) electrons. The van der Waals surface area contributed by atoms with E-state index >= 15 is 0 Å². The first-order chi connectivity index (χ1) is 13.0. The molecule has 28 heavy (non-hydrogen) atoms. The molecule has 0 aliphatic heterocycles. The predicted molar refractivity (Wildman–Crippen MR) is 112 cm³/mol. The third-order valence-electron chi connectivity index (χ3n) is 5.57. The van der Waals surface area contributed by atoms with Crippen molar-refractivity contribution in [1.82, 2.24) is 10.6 Å². The Kier molecular flexibility index (Phi) is 8.99. The summed E-state index contributed by atoms with van der Waals surface area (Å²) in [5, 5.41) is 6.10. The molecule has 1 rings (SSSR count). The molecule has 2 N–H and O–H groups in total. The summed E-state index contributed by atoms with van der Waals surface area (Å²) in [5.41, 5.74) is -0.873. The van der Waals surface area contributed by atoms with Crippen LogP contribution in [0, 0.1) is 5.41 Å². The van der Waals surface area contributed by atoms with E-state index < -0.39 is 11.7 Å². The Hall–Kier alpha value is -1.56. The maximum absolute atomic E-state index is 12.6. The van der Waals surface area contributed by atoms with Crippen LogP contribution in [0.3, 0.4) is 0 Å². The van der Waals surface area contributed by atoms with E-state index in [0.717, 1.165) is 25.7 Å². The summed E-state index contributed by atoms with van der Waals surface area (Å²) in [6, 6.07) is -0.693. The summed E-state index contributed by atoms with van der Waals surface area (Å²) in [7, 11) is 0. The predicted octanol–water partition coefficient (Wildman–Crippen LogP) is 4.33. The molecule has 0 saturated carbocycles. The normalized spacial score (nSPS) is 24.1. The Morgan fingerprint density at radius 3 is 2.07 bits per heavy atom. The number of hydrogen-bond donors (Lipinski definition) is 2. The minimum atomic E-state index is -0.593. The van der Waals surface area contributed by atoms with E-state index in [9.17, 15) is 9.59 Å². The van der Waals surface area contributed by atoms with Gasteiger partial charge in [-0.15, -0.1) is 0 Å². The van der Waals surface area contributed by atoms with Crippen molar-refractivity contribution in [2.24, 2.45) is 5.41 Å². The van der Waals surface area contributed by atoms with Crippen molar-refractivity contribution in [3.8, 4) is 0 Å². The smallest absolute Gasteiger partial charge is 0.407 e. The van der Waals surface area contributed by atoms with Gasteiger partial charge < -0.3 is 20.1 Å². The van der Waals surface area contributed by atoms with Gasteiger partial charge in [0.05, 0.1) is 24.3 Å². The van der Waals surface area contributed by atoms with Crippen LogP contribution in [0.2, 0.25) is 0 Å². The average Bonchev–Trinajstić information content (AvgIpc) is 2.60. The molecule has 6 nitrogen and oxygen atoms in total. The molecule has 1 aliphatic rings. The van der Waals surface area contributed by atoms with Gasteiger partial charge in [0.1, 0.15) is 5.60 Å². The van der Waals surface area contributed by atoms with Crippen molar-refractivity contribution in [2.75, 3.05) is 0 Å². The highest BCUT2D eigenvalue weighted by Crippen LogP contribution is 2.39. The second-order valence-corrected chi connectivity index (χ2v) is 8.69. The van der Waals surface area contributed by atoms with E-state index in [1.807, 2.05) is 20.8 Å². The molecule has 0 unspecified atom stereocenters. The third kappa shape index (κ3) is 6.50. The van der Waals surface area contributed by atoms with Gasteiger partial charge in [0, 0.05) is 12.3 Å².